The Kier molecular flexibility index (Phi) is 9.71. The second-order valence-corrected chi connectivity index (χ2v) is 5.13. The Morgan fingerprint density at radius 1 is 1.08 bits per heavy atom. The molecule has 0 aromatic heterocycles. The predicted molar refractivity (Wildman–Crippen MR) is 65.6 cm³/mol. The first-order valence-electron chi connectivity index (χ1n) is 4.89. The van der Waals surface area contributed by atoms with Crippen LogP contribution in [0.2, 0.25) is 0 Å². The van der Waals surface area contributed by atoms with Gasteiger partial charge in [-0.2, -0.15) is 0 Å². The second-order valence-electron chi connectivity index (χ2n) is 2.99. The van der Waals surface area contributed by atoms with Crippen molar-refractivity contribution in [2.75, 3.05) is 5.75 Å². The van der Waals surface area contributed by atoms with Crippen LogP contribution in [0.5, 0.6) is 0 Å². The van der Waals surface area contributed by atoms with Crippen LogP contribution in [0, 0.1) is 0 Å². The molecule has 0 aromatic carbocycles. The molecule has 0 aromatic rings. The molecule has 0 radical (unpaired) electrons. The molecule has 0 aliphatic carbocycles. The van der Waals surface area contributed by atoms with E-state index in [9.17, 15) is 0 Å². The molecule has 0 bridgehead atoms. The van der Waals surface area contributed by atoms with Gasteiger partial charge in [-0.3, -0.25) is 0 Å². The summed E-state index contributed by atoms with van der Waals surface area (Å²) in [5.74, 6) is 1.14. The third-order valence-electron chi connectivity index (χ3n) is 1.71. The lowest BCUT2D eigenvalue weighted by Gasteiger charge is -2.05. The standard InChI is InChI=1S/C10H18Cl2S/c1-3-5-6-8-13-9(7-4-2)10(11)12/h3-8H2,1-2H3. The van der Waals surface area contributed by atoms with Gasteiger partial charge in [-0.05, 0) is 18.6 Å². The summed E-state index contributed by atoms with van der Waals surface area (Å²) in [6.07, 6.45) is 5.95. The molecule has 78 valence electrons. The summed E-state index contributed by atoms with van der Waals surface area (Å²) in [7, 11) is 0. The molecule has 0 rings (SSSR count). The van der Waals surface area contributed by atoms with Crippen molar-refractivity contribution in [1.29, 1.82) is 0 Å². The molecule has 0 fully saturated rings. The van der Waals surface area contributed by atoms with E-state index in [0.29, 0.717) is 4.49 Å². The molecule has 0 saturated carbocycles. The van der Waals surface area contributed by atoms with Crippen molar-refractivity contribution in [2.45, 2.75) is 46.0 Å². The van der Waals surface area contributed by atoms with Crippen molar-refractivity contribution in [3.63, 3.8) is 0 Å². The van der Waals surface area contributed by atoms with Crippen LogP contribution in [-0.4, -0.2) is 5.75 Å². The largest absolute Gasteiger partial charge is 0.128 e. The molecule has 0 nitrogen and oxygen atoms in total. The second kappa shape index (κ2) is 9.23. The maximum Gasteiger partial charge on any atom is 0.116 e. The number of halogens is 2. The van der Waals surface area contributed by atoms with Gasteiger partial charge in [0.05, 0.1) is 0 Å². The number of thioether (sulfide) groups is 1. The van der Waals surface area contributed by atoms with Crippen molar-refractivity contribution in [3.8, 4) is 0 Å². The molecule has 0 amide bonds. The lowest BCUT2D eigenvalue weighted by Crippen LogP contribution is -1.83. The SMILES string of the molecule is CCCCCSC(CCC)=C(Cl)Cl. The molecular formula is C10H18Cl2S. The zero-order valence-corrected chi connectivity index (χ0v) is 10.7. The number of allylic oxidation sites excluding steroid dienone is 1. The molecule has 0 unspecified atom stereocenters. The third-order valence-corrected chi connectivity index (χ3v) is 3.64. The van der Waals surface area contributed by atoms with Crippen molar-refractivity contribution in [3.05, 3.63) is 9.40 Å². The number of hydrogen-bond donors (Lipinski definition) is 0. The molecule has 0 spiro atoms. The smallest absolute Gasteiger partial charge is 0.116 e. The van der Waals surface area contributed by atoms with Crippen LogP contribution in [0.4, 0.5) is 0 Å². The van der Waals surface area contributed by atoms with E-state index >= 15 is 0 Å². The van der Waals surface area contributed by atoms with E-state index in [1.54, 1.807) is 0 Å². The molecule has 3 heteroatoms. The van der Waals surface area contributed by atoms with Crippen LogP contribution in [-0.2, 0) is 0 Å². The van der Waals surface area contributed by atoms with Gasteiger partial charge in [0.15, 0.2) is 0 Å². The van der Waals surface area contributed by atoms with Gasteiger partial charge in [-0.1, -0.05) is 56.3 Å². The summed E-state index contributed by atoms with van der Waals surface area (Å²) >= 11 is 13.3. The van der Waals surface area contributed by atoms with Gasteiger partial charge < -0.3 is 0 Å². The molecular weight excluding hydrogens is 223 g/mol. The lowest BCUT2D eigenvalue weighted by molar-refractivity contribution is 0.778. The van der Waals surface area contributed by atoms with E-state index in [2.05, 4.69) is 13.8 Å². The minimum Gasteiger partial charge on any atom is -0.128 e. The van der Waals surface area contributed by atoms with Gasteiger partial charge in [-0.15, -0.1) is 11.8 Å². The Balaban J connectivity index is 3.65. The molecule has 0 aliphatic rings. The van der Waals surface area contributed by atoms with Crippen LogP contribution >= 0.6 is 35.0 Å². The van der Waals surface area contributed by atoms with E-state index in [0.717, 1.165) is 23.5 Å². The number of rotatable bonds is 7. The van der Waals surface area contributed by atoms with Crippen molar-refractivity contribution in [1.82, 2.24) is 0 Å². The maximum absolute atomic E-state index is 5.76. The van der Waals surface area contributed by atoms with Crippen molar-refractivity contribution in [2.24, 2.45) is 0 Å². The third kappa shape index (κ3) is 7.72. The fourth-order valence-corrected chi connectivity index (χ4v) is 2.56. The van der Waals surface area contributed by atoms with E-state index in [1.165, 1.54) is 19.3 Å². The summed E-state index contributed by atoms with van der Waals surface area (Å²) in [5.41, 5.74) is 0. The van der Waals surface area contributed by atoms with Crippen LogP contribution in [0.1, 0.15) is 46.0 Å². The van der Waals surface area contributed by atoms with Gasteiger partial charge in [0.2, 0.25) is 0 Å². The summed E-state index contributed by atoms with van der Waals surface area (Å²) in [6, 6.07) is 0. The zero-order valence-electron chi connectivity index (χ0n) is 8.41. The number of hydrogen-bond acceptors (Lipinski definition) is 1. The Morgan fingerprint density at radius 3 is 2.23 bits per heavy atom. The highest BCUT2D eigenvalue weighted by Crippen LogP contribution is 2.29. The average Bonchev–Trinajstić information content (AvgIpc) is 2.10. The molecule has 13 heavy (non-hydrogen) atoms. The summed E-state index contributed by atoms with van der Waals surface area (Å²) in [6.45, 7) is 4.35. The first kappa shape index (κ1) is 13.7. The average molecular weight is 241 g/mol. The van der Waals surface area contributed by atoms with E-state index in [4.69, 9.17) is 23.2 Å². The Bertz CT molecular complexity index is 151. The Hall–Kier alpha value is 0.670. The monoisotopic (exact) mass is 240 g/mol. The minimum atomic E-state index is 0.461. The first-order valence-corrected chi connectivity index (χ1v) is 6.63. The van der Waals surface area contributed by atoms with Crippen LogP contribution in [0.15, 0.2) is 9.40 Å². The predicted octanol–water partition coefficient (Wildman–Crippen LogP) is 5.36. The lowest BCUT2D eigenvalue weighted by atomic mass is 10.3. The van der Waals surface area contributed by atoms with Crippen molar-refractivity contribution >= 4 is 35.0 Å². The highest BCUT2D eigenvalue weighted by molar-refractivity contribution is 8.03. The van der Waals surface area contributed by atoms with E-state index < -0.39 is 0 Å². The van der Waals surface area contributed by atoms with Crippen LogP contribution in [0.3, 0.4) is 0 Å². The fraction of sp³-hybridized carbons (Fsp3) is 0.800. The van der Waals surface area contributed by atoms with Gasteiger partial charge in [-0.25, -0.2) is 0 Å². The molecule has 0 heterocycles. The molecule has 0 N–H and O–H groups in total. The first-order chi connectivity index (χ1) is 6.22. The minimum absolute atomic E-state index is 0.461. The number of unbranched alkanes of at least 4 members (excludes halogenated alkanes) is 2. The summed E-state index contributed by atoms with van der Waals surface area (Å²) < 4.78 is 0.461. The van der Waals surface area contributed by atoms with Gasteiger partial charge >= 0.3 is 0 Å². The quantitative estimate of drug-likeness (QED) is 0.541. The van der Waals surface area contributed by atoms with Gasteiger partial charge in [0.1, 0.15) is 4.49 Å². The zero-order chi connectivity index (χ0) is 10.1. The van der Waals surface area contributed by atoms with E-state index in [-0.39, 0.29) is 0 Å². The Labute approximate surface area is 96.1 Å². The molecule has 0 aliphatic heterocycles. The maximum atomic E-state index is 5.76. The normalized spacial score (nSPS) is 10.2. The highest BCUT2D eigenvalue weighted by atomic mass is 35.5. The van der Waals surface area contributed by atoms with Gasteiger partial charge in [0.25, 0.3) is 0 Å². The van der Waals surface area contributed by atoms with Gasteiger partial charge in [0, 0.05) is 4.91 Å². The highest BCUT2D eigenvalue weighted by Gasteiger charge is 2.02. The Morgan fingerprint density at radius 2 is 1.77 bits per heavy atom. The summed E-state index contributed by atoms with van der Waals surface area (Å²) in [5, 5.41) is 0. The summed E-state index contributed by atoms with van der Waals surface area (Å²) in [4.78, 5) is 1.15. The topological polar surface area (TPSA) is 0 Å². The fourth-order valence-electron chi connectivity index (χ4n) is 0.996. The van der Waals surface area contributed by atoms with Crippen LogP contribution in [0.25, 0.3) is 0 Å². The van der Waals surface area contributed by atoms with E-state index in [1.807, 2.05) is 11.8 Å². The molecule has 0 saturated heterocycles. The van der Waals surface area contributed by atoms with Crippen LogP contribution < -0.4 is 0 Å². The molecule has 0 atom stereocenters. The van der Waals surface area contributed by atoms with Crippen molar-refractivity contribution < 1.29 is 0 Å².